The minimum atomic E-state index is -0.494. The molecule has 1 unspecified atom stereocenters. The topological polar surface area (TPSA) is 78.3 Å². The van der Waals surface area contributed by atoms with Crippen molar-refractivity contribution in [2.45, 2.75) is 13.0 Å². The zero-order valence-electron chi connectivity index (χ0n) is 13.3. The van der Waals surface area contributed by atoms with E-state index >= 15 is 0 Å². The van der Waals surface area contributed by atoms with Gasteiger partial charge in [0.25, 0.3) is 0 Å². The van der Waals surface area contributed by atoms with Gasteiger partial charge in [-0.2, -0.15) is 10.1 Å². The molecule has 8 heteroatoms. The summed E-state index contributed by atoms with van der Waals surface area (Å²) in [7, 11) is 1.56. The molecule has 0 radical (unpaired) electrons. The van der Waals surface area contributed by atoms with Crippen LogP contribution in [0.3, 0.4) is 0 Å². The van der Waals surface area contributed by atoms with Crippen LogP contribution in [0.5, 0.6) is 0 Å². The standard InChI is InChI=1S/C16H17ClN4O3/c1-3-24-15(22)13-12(8-23-2)20-16-18-9-19-21(16)14(13)10-5-4-6-11(17)7-10/h4-7,9,14H,3,8H2,1-2H3,(H,18,19,20). The summed E-state index contributed by atoms with van der Waals surface area (Å²) in [5.74, 6) is 0.100. The van der Waals surface area contributed by atoms with Gasteiger partial charge in [-0.1, -0.05) is 23.7 Å². The van der Waals surface area contributed by atoms with Gasteiger partial charge in [0, 0.05) is 12.1 Å². The molecule has 7 nitrogen and oxygen atoms in total. The average molecular weight is 349 g/mol. The van der Waals surface area contributed by atoms with E-state index < -0.39 is 12.0 Å². The summed E-state index contributed by atoms with van der Waals surface area (Å²) in [6.45, 7) is 2.26. The minimum absolute atomic E-state index is 0.220. The zero-order valence-corrected chi connectivity index (χ0v) is 14.1. The predicted octanol–water partition coefficient (Wildman–Crippen LogP) is 2.41. The number of nitrogens with one attached hydrogen (secondary N) is 1. The summed E-state index contributed by atoms with van der Waals surface area (Å²) in [5, 5.41) is 7.91. The number of hydrogen-bond donors (Lipinski definition) is 1. The van der Waals surface area contributed by atoms with E-state index in [1.165, 1.54) is 6.33 Å². The van der Waals surface area contributed by atoms with E-state index in [9.17, 15) is 4.79 Å². The first kappa shape index (κ1) is 16.5. The van der Waals surface area contributed by atoms with Crippen LogP contribution in [-0.4, -0.2) is 41.1 Å². The number of hydrogen-bond acceptors (Lipinski definition) is 6. The zero-order chi connectivity index (χ0) is 17.1. The molecule has 2 heterocycles. The number of methoxy groups -OCH3 is 1. The van der Waals surface area contributed by atoms with Crippen molar-refractivity contribution in [1.29, 1.82) is 0 Å². The SMILES string of the molecule is CCOC(=O)C1=C(COC)Nc2ncnn2C1c1cccc(Cl)c1. The Labute approximate surface area is 144 Å². The highest BCUT2D eigenvalue weighted by atomic mass is 35.5. The number of benzene rings is 1. The number of carbonyl (C=O) groups is 1. The summed E-state index contributed by atoms with van der Waals surface area (Å²) < 4.78 is 12.1. The maximum absolute atomic E-state index is 12.6. The smallest absolute Gasteiger partial charge is 0.338 e. The molecule has 1 aliphatic rings. The number of esters is 1. The van der Waals surface area contributed by atoms with Gasteiger partial charge in [0.1, 0.15) is 12.4 Å². The van der Waals surface area contributed by atoms with E-state index in [4.69, 9.17) is 21.1 Å². The Kier molecular flexibility index (Phi) is 4.82. The van der Waals surface area contributed by atoms with Gasteiger partial charge in [0.2, 0.25) is 5.95 Å². The largest absolute Gasteiger partial charge is 0.463 e. The van der Waals surface area contributed by atoms with E-state index in [0.717, 1.165) is 5.56 Å². The molecule has 0 bridgehead atoms. The van der Waals surface area contributed by atoms with Crippen LogP contribution in [0.25, 0.3) is 0 Å². The number of aromatic nitrogens is 3. The summed E-state index contributed by atoms with van der Waals surface area (Å²) in [6.07, 6.45) is 1.43. The highest BCUT2D eigenvalue weighted by Gasteiger charge is 2.35. The lowest BCUT2D eigenvalue weighted by molar-refractivity contribution is -0.139. The molecule has 0 fully saturated rings. The first-order chi connectivity index (χ1) is 11.7. The van der Waals surface area contributed by atoms with Crippen molar-refractivity contribution in [1.82, 2.24) is 14.8 Å². The third-order valence-corrected chi connectivity index (χ3v) is 3.86. The van der Waals surface area contributed by atoms with Gasteiger partial charge >= 0.3 is 5.97 Å². The van der Waals surface area contributed by atoms with Gasteiger partial charge < -0.3 is 14.8 Å². The quantitative estimate of drug-likeness (QED) is 0.836. The van der Waals surface area contributed by atoms with Gasteiger partial charge in [0.15, 0.2) is 0 Å². The van der Waals surface area contributed by atoms with E-state index in [0.29, 0.717) is 22.2 Å². The maximum atomic E-state index is 12.6. The monoisotopic (exact) mass is 348 g/mol. The number of nitrogens with zero attached hydrogens (tertiary/aromatic N) is 3. The van der Waals surface area contributed by atoms with Crippen LogP contribution in [0, 0.1) is 0 Å². The Morgan fingerprint density at radius 2 is 2.29 bits per heavy atom. The molecule has 1 atom stereocenters. The maximum Gasteiger partial charge on any atom is 0.338 e. The lowest BCUT2D eigenvalue weighted by Gasteiger charge is -2.29. The number of anilines is 1. The van der Waals surface area contributed by atoms with Crippen LogP contribution in [0.1, 0.15) is 18.5 Å². The van der Waals surface area contributed by atoms with Gasteiger partial charge in [-0.15, -0.1) is 0 Å². The van der Waals surface area contributed by atoms with Crippen LogP contribution >= 0.6 is 11.6 Å². The summed E-state index contributed by atoms with van der Waals surface area (Å²) in [5.41, 5.74) is 1.84. The number of rotatable bonds is 5. The molecule has 0 aliphatic carbocycles. The molecular weight excluding hydrogens is 332 g/mol. The average Bonchev–Trinajstić information content (AvgIpc) is 3.02. The molecule has 1 aromatic carbocycles. The van der Waals surface area contributed by atoms with Crippen LogP contribution < -0.4 is 5.32 Å². The van der Waals surface area contributed by atoms with Crippen molar-refractivity contribution in [3.8, 4) is 0 Å². The second kappa shape index (κ2) is 7.02. The summed E-state index contributed by atoms with van der Waals surface area (Å²) in [6, 6.07) is 6.79. The molecule has 0 saturated heterocycles. The number of ether oxygens (including phenoxy) is 2. The van der Waals surface area contributed by atoms with Gasteiger partial charge in [-0.3, -0.25) is 0 Å². The molecule has 0 spiro atoms. The van der Waals surface area contributed by atoms with Crippen molar-refractivity contribution in [3.05, 3.63) is 52.4 Å². The second-order valence-electron chi connectivity index (χ2n) is 5.16. The fraction of sp³-hybridized carbons (Fsp3) is 0.312. The van der Waals surface area contributed by atoms with E-state index in [1.807, 2.05) is 12.1 Å². The number of halogens is 1. The third-order valence-electron chi connectivity index (χ3n) is 3.63. The van der Waals surface area contributed by atoms with Crippen molar-refractivity contribution in [3.63, 3.8) is 0 Å². The molecule has 0 amide bonds. The second-order valence-corrected chi connectivity index (χ2v) is 5.59. The molecule has 2 aromatic rings. The molecule has 1 aromatic heterocycles. The van der Waals surface area contributed by atoms with Gasteiger partial charge in [-0.25, -0.2) is 9.48 Å². The lowest BCUT2D eigenvalue weighted by Crippen LogP contribution is -2.31. The van der Waals surface area contributed by atoms with E-state index in [-0.39, 0.29) is 13.2 Å². The molecular formula is C16H17ClN4O3. The summed E-state index contributed by atoms with van der Waals surface area (Å²) in [4.78, 5) is 16.8. The number of carbonyl (C=O) groups excluding carboxylic acids is 1. The highest BCUT2D eigenvalue weighted by Crippen LogP contribution is 2.36. The number of fused-ring (bicyclic) bond motifs is 1. The summed E-state index contributed by atoms with van der Waals surface area (Å²) >= 11 is 6.13. The fourth-order valence-corrected chi connectivity index (χ4v) is 2.90. The van der Waals surface area contributed by atoms with Crippen molar-refractivity contribution in [2.24, 2.45) is 0 Å². The Balaban J connectivity index is 2.17. The Morgan fingerprint density at radius 1 is 1.46 bits per heavy atom. The lowest BCUT2D eigenvalue weighted by atomic mass is 9.95. The van der Waals surface area contributed by atoms with Crippen LogP contribution in [0.2, 0.25) is 5.02 Å². The van der Waals surface area contributed by atoms with Crippen LogP contribution in [-0.2, 0) is 14.3 Å². The van der Waals surface area contributed by atoms with Crippen LogP contribution in [0.4, 0.5) is 5.95 Å². The van der Waals surface area contributed by atoms with Crippen molar-refractivity contribution < 1.29 is 14.3 Å². The third kappa shape index (κ3) is 3.00. The Hall–Kier alpha value is -2.38. The van der Waals surface area contributed by atoms with E-state index in [1.54, 1.807) is 30.8 Å². The van der Waals surface area contributed by atoms with Crippen LogP contribution in [0.15, 0.2) is 41.9 Å². The predicted molar refractivity (Wildman–Crippen MR) is 88.8 cm³/mol. The van der Waals surface area contributed by atoms with Gasteiger partial charge in [0.05, 0.1) is 24.5 Å². The molecule has 3 rings (SSSR count). The van der Waals surface area contributed by atoms with Crippen molar-refractivity contribution in [2.75, 3.05) is 25.6 Å². The molecule has 24 heavy (non-hydrogen) atoms. The minimum Gasteiger partial charge on any atom is -0.463 e. The first-order valence-electron chi connectivity index (χ1n) is 7.46. The van der Waals surface area contributed by atoms with E-state index in [2.05, 4.69) is 15.4 Å². The first-order valence-corrected chi connectivity index (χ1v) is 7.84. The Morgan fingerprint density at radius 3 is 3.00 bits per heavy atom. The highest BCUT2D eigenvalue weighted by molar-refractivity contribution is 6.30. The molecule has 0 saturated carbocycles. The Bertz CT molecular complexity index is 787. The van der Waals surface area contributed by atoms with Gasteiger partial charge in [-0.05, 0) is 24.6 Å². The fourth-order valence-electron chi connectivity index (χ4n) is 2.70. The molecule has 126 valence electrons. The van der Waals surface area contributed by atoms with Crippen molar-refractivity contribution >= 4 is 23.5 Å². The molecule has 1 N–H and O–H groups in total. The molecule has 1 aliphatic heterocycles. The normalized spacial score (nSPS) is 16.5.